The predicted octanol–water partition coefficient (Wildman–Crippen LogP) is 5.80. The normalized spacial score (nSPS) is 10.8. The van der Waals surface area contributed by atoms with Gasteiger partial charge in [-0.25, -0.2) is 4.79 Å². The van der Waals surface area contributed by atoms with E-state index in [-0.39, 0.29) is 0 Å². The van der Waals surface area contributed by atoms with Crippen molar-refractivity contribution in [1.82, 2.24) is 0 Å². The SMILES string of the molecule is O=C(O)CO/N=C/c1ccc(OCc2ccc(Br)cc2)c(OCc2ccc(Br)cc2)c1. The smallest absolute Gasteiger partial charge is 0.344 e. The second-order valence-corrected chi connectivity index (χ2v) is 8.27. The van der Waals surface area contributed by atoms with Crippen molar-refractivity contribution in [2.24, 2.45) is 5.16 Å². The van der Waals surface area contributed by atoms with Gasteiger partial charge in [-0.15, -0.1) is 0 Å². The molecule has 0 bridgehead atoms. The van der Waals surface area contributed by atoms with Crippen LogP contribution in [0.15, 0.2) is 80.8 Å². The van der Waals surface area contributed by atoms with Gasteiger partial charge in [-0.3, -0.25) is 0 Å². The molecule has 6 nitrogen and oxygen atoms in total. The molecule has 3 aromatic carbocycles. The molecule has 31 heavy (non-hydrogen) atoms. The molecule has 0 fully saturated rings. The van der Waals surface area contributed by atoms with E-state index in [1.54, 1.807) is 18.2 Å². The molecule has 3 aromatic rings. The van der Waals surface area contributed by atoms with Crippen LogP contribution in [0.4, 0.5) is 0 Å². The highest BCUT2D eigenvalue weighted by molar-refractivity contribution is 9.10. The fraction of sp³-hybridized carbons (Fsp3) is 0.130. The largest absolute Gasteiger partial charge is 0.485 e. The molecule has 0 saturated carbocycles. The minimum Gasteiger partial charge on any atom is -0.485 e. The van der Waals surface area contributed by atoms with Crippen LogP contribution in [0, 0.1) is 0 Å². The maximum absolute atomic E-state index is 10.5. The number of hydrogen-bond acceptors (Lipinski definition) is 5. The number of carboxylic acids is 1. The number of oxime groups is 1. The fourth-order valence-corrected chi connectivity index (χ4v) is 3.04. The van der Waals surface area contributed by atoms with Crippen LogP contribution in [-0.2, 0) is 22.8 Å². The molecule has 0 amide bonds. The minimum atomic E-state index is -1.09. The third-order valence-electron chi connectivity index (χ3n) is 4.05. The highest BCUT2D eigenvalue weighted by atomic mass is 79.9. The molecule has 0 saturated heterocycles. The molecule has 3 rings (SSSR count). The predicted molar refractivity (Wildman–Crippen MR) is 125 cm³/mol. The lowest BCUT2D eigenvalue weighted by atomic mass is 10.2. The number of benzene rings is 3. The molecular weight excluding hydrogens is 530 g/mol. The number of ether oxygens (including phenoxy) is 2. The molecule has 0 radical (unpaired) electrons. The van der Waals surface area contributed by atoms with Crippen molar-refractivity contribution < 1.29 is 24.2 Å². The summed E-state index contributed by atoms with van der Waals surface area (Å²) in [6, 6.07) is 21.1. The Morgan fingerprint density at radius 2 is 1.39 bits per heavy atom. The van der Waals surface area contributed by atoms with Gasteiger partial charge < -0.3 is 19.4 Å². The van der Waals surface area contributed by atoms with Crippen molar-refractivity contribution in [3.63, 3.8) is 0 Å². The van der Waals surface area contributed by atoms with Crippen LogP contribution < -0.4 is 9.47 Å². The summed E-state index contributed by atoms with van der Waals surface area (Å²) in [4.78, 5) is 15.2. The summed E-state index contributed by atoms with van der Waals surface area (Å²) < 4.78 is 14.0. The summed E-state index contributed by atoms with van der Waals surface area (Å²) in [5.41, 5.74) is 2.72. The number of aliphatic carboxylic acids is 1. The highest BCUT2D eigenvalue weighted by Crippen LogP contribution is 2.30. The van der Waals surface area contributed by atoms with Gasteiger partial charge in [-0.1, -0.05) is 61.3 Å². The van der Waals surface area contributed by atoms with E-state index in [9.17, 15) is 4.79 Å². The molecule has 0 heterocycles. The van der Waals surface area contributed by atoms with Gasteiger partial charge in [0.25, 0.3) is 0 Å². The Labute approximate surface area is 196 Å². The third kappa shape index (κ3) is 7.73. The Kier molecular flexibility index (Phi) is 8.49. The number of rotatable bonds is 10. The summed E-state index contributed by atoms with van der Waals surface area (Å²) in [5.74, 6) is 0.0400. The Bertz CT molecular complexity index is 1040. The number of hydrogen-bond donors (Lipinski definition) is 1. The maximum atomic E-state index is 10.5. The average Bonchev–Trinajstić information content (AvgIpc) is 2.76. The monoisotopic (exact) mass is 547 g/mol. The van der Waals surface area contributed by atoms with Gasteiger partial charge in [0.05, 0.1) is 6.21 Å². The first-order chi connectivity index (χ1) is 15.0. The van der Waals surface area contributed by atoms with E-state index < -0.39 is 12.6 Å². The lowest BCUT2D eigenvalue weighted by Crippen LogP contribution is -2.03. The number of halogens is 2. The van der Waals surface area contributed by atoms with Gasteiger partial charge in [0.2, 0.25) is 6.61 Å². The van der Waals surface area contributed by atoms with Crippen LogP contribution >= 0.6 is 31.9 Å². The fourth-order valence-electron chi connectivity index (χ4n) is 2.51. The van der Waals surface area contributed by atoms with E-state index in [0.29, 0.717) is 30.3 Å². The van der Waals surface area contributed by atoms with Crippen molar-refractivity contribution >= 4 is 44.0 Å². The maximum Gasteiger partial charge on any atom is 0.344 e. The molecule has 1 N–H and O–H groups in total. The van der Waals surface area contributed by atoms with Crippen molar-refractivity contribution in [3.8, 4) is 11.5 Å². The van der Waals surface area contributed by atoms with Crippen molar-refractivity contribution in [2.75, 3.05) is 6.61 Å². The van der Waals surface area contributed by atoms with Crippen LogP contribution in [0.2, 0.25) is 0 Å². The summed E-state index contributed by atoms with van der Waals surface area (Å²) in [6.07, 6.45) is 1.42. The van der Waals surface area contributed by atoms with Crippen molar-refractivity contribution in [1.29, 1.82) is 0 Å². The second-order valence-electron chi connectivity index (χ2n) is 6.44. The topological polar surface area (TPSA) is 77.4 Å². The quantitative estimate of drug-likeness (QED) is 0.256. The van der Waals surface area contributed by atoms with E-state index in [2.05, 4.69) is 37.0 Å². The molecule has 160 valence electrons. The summed E-state index contributed by atoms with van der Waals surface area (Å²) in [5, 5.41) is 12.3. The first kappa shape index (κ1) is 22.8. The zero-order valence-electron chi connectivity index (χ0n) is 16.3. The first-order valence-electron chi connectivity index (χ1n) is 9.25. The lowest BCUT2D eigenvalue weighted by Gasteiger charge is -2.14. The van der Waals surface area contributed by atoms with Crippen molar-refractivity contribution in [3.05, 3.63) is 92.4 Å². The molecule has 0 aliphatic carbocycles. The van der Waals surface area contributed by atoms with Gasteiger partial charge >= 0.3 is 5.97 Å². The molecule has 0 atom stereocenters. The molecule has 8 heteroatoms. The van der Waals surface area contributed by atoms with Crippen LogP contribution in [0.25, 0.3) is 0 Å². The zero-order valence-corrected chi connectivity index (χ0v) is 19.5. The van der Waals surface area contributed by atoms with E-state index >= 15 is 0 Å². The third-order valence-corrected chi connectivity index (χ3v) is 5.10. The highest BCUT2D eigenvalue weighted by Gasteiger charge is 2.08. The van der Waals surface area contributed by atoms with E-state index in [1.807, 2.05) is 48.5 Å². The average molecular weight is 549 g/mol. The summed E-state index contributed by atoms with van der Waals surface area (Å²) in [6.45, 7) is 0.243. The van der Waals surface area contributed by atoms with Crippen LogP contribution in [-0.4, -0.2) is 23.9 Å². The van der Waals surface area contributed by atoms with E-state index in [0.717, 1.165) is 20.1 Å². The Morgan fingerprint density at radius 3 is 1.94 bits per heavy atom. The Balaban J connectivity index is 1.73. The van der Waals surface area contributed by atoms with Gasteiger partial charge in [0.15, 0.2) is 11.5 Å². The Morgan fingerprint density at radius 1 is 0.839 bits per heavy atom. The molecule has 0 aliphatic heterocycles. The van der Waals surface area contributed by atoms with Crippen LogP contribution in [0.5, 0.6) is 11.5 Å². The standard InChI is InChI=1S/C23H19Br2NO5/c24-19-6-1-16(2-7-19)13-29-21-10-5-18(12-26-31-15-23(27)28)11-22(21)30-14-17-3-8-20(25)9-4-17/h1-12H,13-15H2,(H,27,28)/b26-12+. The number of carboxylic acid groups (broad SMARTS) is 1. The van der Waals surface area contributed by atoms with Gasteiger partial charge in [0.1, 0.15) is 13.2 Å². The molecule has 0 spiro atoms. The van der Waals surface area contributed by atoms with Crippen LogP contribution in [0.1, 0.15) is 16.7 Å². The summed E-state index contributed by atoms with van der Waals surface area (Å²) in [7, 11) is 0. The second kappa shape index (κ2) is 11.5. The molecule has 0 unspecified atom stereocenters. The minimum absolute atomic E-state index is 0.359. The van der Waals surface area contributed by atoms with Crippen molar-refractivity contribution in [2.45, 2.75) is 13.2 Å². The first-order valence-corrected chi connectivity index (χ1v) is 10.8. The zero-order chi connectivity index (χ0) is 22.1. The Hall–Kier alpha value is -2.84. The van der Waals surface area contributed by atoms with Crippen LogP contribution in [0.3, 0.4) is 0 Å². The molecule has 0 aromatic heterocycles. The van der Waals surface area contributed by atoms with Gasteiger partial charge in [0, 0.05) is 14.5 Å². The van der Waals surface area contributed by atoms with E-state index in [4.69, 9.17) is 19.4 Å². The number of nitrogens with zero attached hydrogens (tertiary/aromatic N) is 1. The summed E-state index contributed by atoms with van der Waals surface area (Å²) >= 11 is 6.84. The van der Waals surface area contributed by atoms with Gasteiger partial charge in [-0.2, -0.15) is 0 Å². The lowest BCUT2D eigenvalue weighted by molar-refractivity contribution is -0.142. The van der Waals surface area contributed by atoms with E-state index in [1.165, 1.54) is 6.21 Å². The molecular formula is C23H19Br2NO5. The molecule has 0 aliphatic rings. The number of carbonyl (C=O) groups is 1. The van der Waals surface area contributed by atoms with Gasteiger partial charge in [-0.05, 0) is 53.6 Å².